The van der Waals surface area contributed by atoms with Gasteiger partial charge in [0.15, 0.2) is 17.3 Å². The summed E-state index contributed by atoms with van der Waals surface area (Å²) in [7, 11) is 0.674. The Kier molecular flexibility index (Phi) is 7.16. The number of benzene rings is 1. The molecule has 0 saturated carbocycles. The molecule has 0 aliphatic carbocycles. The predicted octanol–water partition coefficient (Wildman–Crippen LogP) is 2.97. The molecule has 7 nitrogen and oxygen atoms in total. The van der Waals surface area contributed by atoms with Crippen LogP contribution in [0.2, 0.25) is 0 Å². The number of ether oxygens (including phenoxy) is 3. The minimum absolute atomic E-state index is 0.152. The number of hydrogen-bond donors (Lipinski definition) is 1. The average molecular weight is 334 g/mol. The summed E-state index contributed by atoms with van der Waals surface area (Å²) in [5.74, 6) is -0.393. The van der Waals surface area contributed by atoms with Crippen molar-refractivity contribution >= 4 is 7.60 Å². The van der Waals surface area contributed by atoms with E-state index in [4.69, 9.17) is 23.3 Å². The fourth-order valence-electron chi connectivity index (χ4n) is 1.97. The Balaban J connectivity index is 3.32. The van der Waals surface area contributed by atoms with Crippen LogP contribution in [0.25, 0.3) is 0 Å². The molecule has 1 aromatic carbocycles. The SMILES string of the molecule is CCOP(=O)(OCC)[C@@H](O)c1cc(OC)c(OC)c(OC)c1. The molecule has 1 N–H and O–H groups in total. The van der Waals surface area contributed by atoms with Crippen LogP contribution in [0.1, 0.15) is 25.3 Å². The normalized spacial score (nSPS) is 12.8. The van der Waals surface area contributed by atoms with Crippen molar-refractivity contribution in [2.24, 2.45) is 0 Å². The van der Waals surface area contributed by atoms with E-state index in [1.54, 1.807) is 13.8 Å². The lowest BCUT2D eigenvalue weighted by molar-refractivity contribution is 0.149. The van der Waals surface area contributed by atoms with Gasteiger partial charge in [-0.15, -0.1) is 0 Å². The molecule has 0 saturated heterocycles. The Labute approximate surface area is 130 Å². The van der Waals surface area contributed by atoms with Gasteiger partial charge in [-0.2, -0.15) is 0 Å². The molecule has 0 radical (unpaired) electrons. The van der Waals surface area contributed by atoms with Crippen LogP contribution < -0.4 is 14.2 Å². The van der Waals surface area contributed by atoms with E-state index in [1.807, 2.05) is 0 Å². The van der Waals surface area contributed by atoms with E-state index in [0.717, 1.165) is 0 Å². The highest BCUT2D eigenvalue weighted by Gasteiger charge is 2.36. The Morgan fingerprint density at radius 3 is 1.77 bits per heavy atom. The van der Waals surface area contributed by atoms with Crippen LogP contribution in [0.15, 0.2) is 12.1 Å². The number of aliphatic hydroxyl groups is 1. The third-order valence-corrected chi connectivity index (χ3v) is 5.04. The van der Waals surface area contributed by atoms with Gasteiger partial charge in [0, 0.05) is 5.56 Å². The van der Waals surface area contributed by atoms with Crippen LogP contribution in [0, 0.1) is 0 Å². The molecule has 126 valence electrons. The van der Waals surface area contributed by atoms with Crippen molar-refractivity contribution in [2.45, 2.75) is 19.7 Å². The molecule has 0 aliphatic heterocycles. The van der Waals surface area contributed by atoms with Crippen LogP contribution in [-0.4, -0.2) is 39.6 Å². The van der Waals surface area contributed by atoms with Crippen LogP contribution in [0.4, 0.5) is 0 Å². The van der Waals surface area contributed by atoms with Crippen LogP contribution in [0.3, 0.4) is 0 Å². The number of methoxy groups -OCH3 is 3. The maximum absolute atomic E-state index is 12.7. The van der Waals surface area contributed by atoms with E-state index in [1.165, 1.54) is 33.5 Å². The summed E-state index contributed by atoms with van der Waals surface area (Å²) in [4.78, 5) is 0. The van der Waals surface area contributed by atoms with Crippen molar-refractivity contribution in [2.75, 3.05) is 34.5 Å². The van der Waals surface area contributed by atoms with Gasteiger partial charge in [-0.1, -0.05) is 0 Å². The maximum atomic E-state index is 12.7. The second-order valence-corrected chi connectivity index (χ2v) is 6.29. The molecule has 0 spiro atoms. The molecule has 8 heteroatoms. The monoisotopic (exact) mass is 334 g/mol. The van der Waals surface area contributed by atoms with Gasteiger partial charge in [0.1, 0.15) is 0 Å². The topological polar surface area (TPSA) is 83.5 Å². The molecule has 0 heterocycles. The zero-order chi connectivity index (χ0) is 16.8. The zero-order valence-corrected chi connectivity index (χ0v) is 14.4. The van der Waals surface area contributed by atoms with Crippen molar-refractivity contribution in [3.8, 4) is 17.2 Å². The highest BCUT2D eigenvalue weighted by Crippen LogP contribution is 2.60. The van der Waals surface area contributed by atoms with E-state index in [9.17, 15) is 9.67 Å². The van der Waals surface area contributed by atoms with E-state index >= 15 is 0 Å². The van der Waals surface area contributed by atoms with E-state index in [0.29, 0.717) is 22.8 Å². The van der Waals surface area contributed by atoms with Crippen molar-refractivity contribution < 1.29 is 32.9 Å². The fourth-order valence-corrected chi connectivity index (χ4v) is 3.56. The summed E-state index contributed by atoms with van der Waals surface area (Å²) in [6.45, 7) is 3.65. The van der Waals surface area contributed by atoms with Gasteiger partial charge in [-0.05, 0) is 26.0 Å². The third kappa shape index (κ3) is 3.93. The molecule has 1 rings (SSSR count). The van der Waals surface area contributed by atoms with Crippen LogP contribution in [0.5, 0.6) is 17.2 Å². The Morgan fingerprint density at radius 1 is 1.00 bits per heavy atom. The van der Waals surface area contributed by atoms with E-state index < -0.39 is 13.4 Å². The summed E-state index contributed by atoms with van der Waals surface area (Å²) >= 11 is 0. The molecule has 1 aromatic rings. The third-order valence-electron chi connectivity index (χ3n) is 2.90. The molecular formula is C14H23O7P. The first kappa shape index (κ1) is 18.8. The lowest BCUT2D eigenvalue weighted by Gasteiger charge is -2.23. The maximum Gasteiger partial charge on any atom is 0.363 e. The largest absolute Gasteiger partial charge is 0.493 e. The van der Waals surface area contributed by atoms with Gasteiger partial charge in [0.2, 0.25) is 5.75 Å². The number of hydrogen-bond acceptors (Lipinski definition) is 7. The molecule has 0 aromatic heterocycles. The van der Waals surface area contributed by atoms with Crippen LogP contribution in [-0.2, 0) is 13.6 Å². The van der Waals surface area contributed by atoms with Gasteiger partial charge in [0.25, 0.3) is 0 Å². The van der Waals surface area contributed by atoms with Crippen LogP contribution >= 0.6 is 7.60 Å². The van der Waals surface area contributed by atoms with Crippen molar-refractivity contribution in [3.63, 3.8) is 0 Å². The number of rotatable bonds is 9. The second kappa shape index (κ2) is 8.39. The van der Waals surface area contributed by atoms with Gasteiger partial charge in [0.05, 0.1) is 34.5 Å². The van der Waals surface area contributed by atoms with E-state index in [-0.39, 0.29) is 13.2 Å². The quantitative estimate of drug-likeness (QED) is 0.695. The first-order valence-corrected chi connectivity index (χ1v) is 8.45. The molecule has 0 bridgehead atoms. The van der Waals surface area contributed by atoms with Crippen molar-refractivity contribution in [1.82, 2.24) is 0 Å². The molecule has 0 unspecified atom stereocenters. The van der Waals surface area contributed by atoms with Gasteiger partial charge in [-0.3, -0.25) is 4.57 Å². The minimum atomic E-state index is -3.71. The highest BCUT2D eigenvalue weighted by atomic mass is 31.2. The zero-order valence-electron chi connectivity index (χ0n) is 13.5. The smallest absolute Gasteiger partial charge is 0.363 e. The minimum Gasteiger partial charge on any atom is -0.493 e. The Morgan fingerprint density at radius 2 is 1.45 bits per heavy atom. The van der Waals surface area contributed by atoms with Crippen molar-refractivity contribution in [3.05, 3.63) is 17.7 Å². The Hall–Kier alpha value is -1.27. The molecule has 0 amide bonds. The molecule has 22 heavy (non-hydrogen) atoms. The van der Waals surface area contributed by atoms with Gasteiger partial charge in [-0.25, -0.2) is 0 Å². The van der Waals surface area contributed by atoms with Crippen molar-refractivity contribution in [1.29, 1.82) is 0 Å². The lowest BCUT2D eigenvalue weighted by Crippen LogP contribution is -2.07. The number of aliphatic hydroxyl groups excluding tert-OH is 1. The Bertz CT molecular complexity index is 497. The summed E-state index contributed by atoms with van der Waals surface area (Å²) in [5.41, 5.74) is 0.291. The molecule has 0 fully saturated rings. The fraction of sp³-hybridized carbons (Fsp3) is 0.571. The average Bonchev–Trinajstić information content (AvgIpc) is 2.52. The van der Waals surface area contributed by atoms with Gasteiger partial charge < -0.3 is 28.4 Å². The van der Waals surface area contributed by atoms with E-state index in [2.05, 4.69) is 0 Å². The summed E-state index contributed by atoms with van der Waals surface area (Å²) in [6, 6.07) is 3.02. The summed E-state index contributed by atoms with van der Waals surface area (Å²) in [6.07, 6.45) is 0. The molecular weight excluding hydrogens is 311 g/mol. The lowest BCUT2D eigenvalue weighted by atomic mass is 10.2. The molecule has 1 atom stereocenters. The first-order chi connectivity index (χ1) is 10.5. The molecule has 0 aliphatic rings. The van der Waals surface area contributed by atoms with Gasteiger partial charge >= 0.3 is 7.60 Å². The summed E-state index contributed by atoms with van der Waals surface area (Å²) in [5, 5.41) is 10.4. The summed E-state index contributed by atoms with van der Waals surface area (Å²) < 4.78 is 38.6. The first-order valence-electron chi connectivity index (χ1n) is 6.84. The second-order valence-electron chi connectivity index (χ2n) is 4.21. The standard InChI is InChI=1S/C14H23O7P/c1-6-20-22(16,21-7-2)14(15)10-8-11(17-3)13(19-5)12(9-10)18-4/h8-9,14-15H,6-7H2,1-5H3/t14-/m1/s1. The highest BCUT2D eigenvalue weighted by molar-refractivity contribution is 7.54. The predicted molar refractivity (Wildman–Crippen MR) is 81.9 cm³/mol.